The molecule has 14 heavy (non-hydrogen) atoms. The first-order valence-corrected chi connectivity index (χ1v) is 5.85. The summed E-state index contributed by atoms with van der Waals surface area (Å²) >= 11 is 0. The highest BCUT2D eigenvalue weighted by Gasteiger charge is 2.33. The zero-order chi connectivity index (χ0) is 9.97. The van der Waals surface area contributed by atoms with Gasteiger partial charge in [0.15, 0.2) is 0 Å². The molecule has 2 fully saturated rings. The van der Waals surface area contributed by atoms with Gasteiger partial charge in [-0.2, -0.15) is 0 Å². The van der Waals surface area contributed by atoms with Gasteiger partial charge in [-0.15, -0.1) is 0 Å². The third kappa shape index (κ3) is 1.92. The Kier molecular flexibility index (Phi) is 3.06. The fourth-order valence-corrected chi connectivity index (χ4v) is 2.66. The van der Waals surface area contributed by atoms with Crippen LogP contribution < -0.4 is 5.73 Å². The van der Waals surface area contributed by atoms with Crippen LogP contribution in [0.1, 0.15) is 44.9 Å². The van der Waals surface area contributed by atoms with Crippen molar-refractivity contribution < 1.29 is 4.79 Å². The number of carbonyl (C=O) groups excluding carboxylic acids is 1. The third-order valence-corrected chi connectivity index (χ3v) is 3.55. The second-order valence-electron chi connectivity index (χ2n) is 4.57. The van der Waals surface area contributed by atoms with Gasteiger partial charge < -0.3 is 10.6 Å². The Hall–Kier alpha value is -0.570. The van der Waals surface area contributed by atoms with Crippen molar-refractivity contribution >= 4 is 5.91 Å². The van der Waals surface area contributed by atoms with Crippen LogP contribution in [0.15, 0.2) is 0 Å². The Labute approximate surface area is 85.6 Å². The molecular weight excluding hydrogens is 176 g/mol. The molecule has 1 heterocycles. The Morgan fingerprint density at radius 3 is 2.21 bits per heavy atom. The number of amides is 1. The van der Waals surface area contributed by atoms with Crippen molar-refractivity contribution in [3.8, 4) is 0 Å². The average molecular weight is 196 g/mol. The molecule has 1 aliphatic carbocycles. The van der Waals surface area contributed by atoms with Crippen molar-refractivity contribution in [2.24, 2.45) is 5.73 Å². The summed E-state index contributed by atoms with van der Waals surface area (Å²) in [5.41, 5.74) is 5.72. The number of rotatable bonds is 1. The van der Waals surface area contributed by atoms with E-state index < -0.39 is 0 Å². The second-order valence-corrected chi connectivity index (χ2v) is 4.57. The monoisotopic (exact) mass is 196 g/mol. The SMILES string of the molecule is NC1CCN(C2CCCCCC2)C1=O. The van der Waals surface area contributed by atoms with Crippen LogP contribution in [0, 0.1) is 0 Å². The predicted molar refractivity (Wildman–Crippen MR) is 55.8 cm³/mol. The van der Waals surface area contributed by atoms with Crippen molar-refractivity contribution in [2.45, 2.75) is 57.0 Å². The summed E-state index contributed by atoms with van der Waals surface area (Å²) in [7, 11) is 0. The highest BCUT2D eigenvalue weighted by Crippen LogP contribution is 2.25. The van der Waals surface area contributed by atoms with Crippen molar-refractivity contribution in [1.29, 1.82) is 0 Å². The van der Waals surface area contributed by atoms with Crippen LogP contribution >= 0.6 is 0 Å². The van der Waals surface area contributed by atoms with E-state index in [1.165, 1.54) is 38.5 Å². The Morgan fingerprint density at radius 1 is 1.07 bits per heavy atom. The van der Waals surface area contributed by atoms with Crippen molar-refractivity contribution in [1.82, 2.24) is 4.90 Å². The lowest BCUT2D eigenvalue weighted by Crippen LogP contribution is -2.40. The Bertz CT molecular complexity index is 209. The molecule has 0 aromatic carbocycles. The lowest BCUT2D eigenvalue weighted by Gasteiger charge is -2.26. The number of nitrogens with zero attached hydrogens (tertiary/aromatic N) is 1. The van der Waals surface area contributed by atoms with Crippen LogP contribution in [-0.4, -0.2) is 29.4 Å². The van der Waals surface area contributed by atoms with Gasteiger partial charge in [-0.25, -0.2) is 0 Å². The zero-order valence-electron chi connectivity index (χ0n) is 8.74. The van der Waals surface area contributed by atoms with Crippen LogP contribution in [0.2, 0.25) is 0 Å². The lowest BCUT2D eigenvalue weighted by atomic mass is 10.1. The largest absolute Gasteiger partial charge is 0.338 e. The van der Waals surface area contributed by atoms with Crippen molar-refractivity contribution in [3.63, 3.8) is 0 Å². The van der Waals surface area contributed by atoms with Gasteiger partial charge in [0.05, 0.1) is 6.04 Å². The molecule has 2 N–H and O–H groups in total. The molecule has 0 radical (unpaired) electrons. The molecule has 2 aliphatic rings. The van der Waals surface area contributed by atoms with E-state index in [1.54, 1.807) is 0 Å². The second kappa shape index (κ2) is 4.30. The first-order chi connectivity index (χ1) is 6.79. The normalized spacial score (nSPS) is 30.8. The molecule has 2 rings (SSSR count). The first kappa shape index (κ1) is 9.97. The van der Waals surface area contributed by atoms with Crippen molar-refractivity contribution in [2.75, 3.05) is 6.54 Å². The maximum absolute atomic E-state index is 11.7. The first-order valence-electron chi connectivity index (χ1n) is 5.85. The number of nitrogens with two attached hydrogens (primary N) is 1. The third-order valence-electron chi connectivity index (χ3n) is 3.55. The number of carbonyl (C=O) groups is 1. The van der Waals surface area contributed by atoms with Gasteiger partial charge in [-0.1, -0.05) is 25.7 Å². The molecule has 1 aliphatic heterocycles. The van der Waals surface area contributed by atoms with Gasteiger partial charge >= 0.3 is 0 Å². The fourth-order valence-electron chi connectivity index (χ4n) is 2.66. The van der Waals surface area contributed by atoms with E-state index in [0.717, 1.165) is 13.0 Å². The van der Waals surface area contributed by atoms with Crippen LogP contribution in [0.4, 0.5) is 0 Å². The van der Waals surface area contributed by atoms with Gasteiger partial charge in [0, 0.05) is 12.6 Å². The highest BCUT2D eigenvalue weighted by atomic mass is 16.2. The van der Waals surface area contributed by atoms with Crippen LogP contribution in [0.3, 0.4) is 0 Å². The quantitative estimate of drug-likeness (QED) is 0.642. The van der Waals surface area contributed by atoms with Gasteiger partial charge in [0.25, 0.3) is 0 Å². The molecular formula is C11H20N2O. The number of hydrogen-bond donors (Lipinski definition) is 1. The summed E-state index contributed by atoms with van der Waals surface area (Å²) < 4.78 is 0. The van der Waals surface area contributed by atoms with Crippen LogP contribution in [0.5, 0.6) is 0 Å². The molecule has 1 unspecified atom stereocenters. The molecule has 0 aromatic heterocycles. The molecule has 1 saturated carbocycles. The molecule has 80 valence electrons. The molecule has 1 atom stereocenters. The van der Waals surface area contributed by atoms with Gasteiger partial charge in [0.1, 0.15) is 0 Å². The Morgan fingerprint density at radius 2 is 1.71 bits per heavy atom. The summed E-state index contributed by atoms with van der Waals surface area (Å²) in [5.74, 6) is 0.192. The molecule has 1 amide bonds. The maximum Gasteiger partial charge on any atom is 0.239 e. The minimum atomic E-state index is -0.210. The molecule has 3 nitrogen and oxygen atoms in total. The summed E-state index contributed by atoms with van der Waals surface area (Å²) in [6, 6.07) is 0.289. The summed E-state index contributed by atoms with van der Waals surface area (Å²) in [4.78, 5) is 13.8. The average Bonchev–Trinajstić information content (AvgIpc) is 2.47. The minimum absolute atomic E-state index is 0.192. The summed E-state index contributed by atoms with van der Waals surface area (Å²) in [6.07, 6.45) is 8.48. The van der Waals surface area contributed by atoms with E-state index in [2.05, 4.69) is 0 Å². The van der Waals surface area contributed by atoms with E-state index in [4.69, 9.17) is 5.73 Å². The molecule has 0 spiro atoms. The molecule has 0 aromatic rings. The zero-order valence-corrected chi connectivity index (χ0v) is 8.74. The van der Waals surface area contributed by atoms with E-state index >= 15 is 0 Å². The maximum atomic E-state index is 11.7. The number of hydrogen-bond acceptors (Lipinski definition) is 2. The van der Waals surface area contributed by atoms with Crippen LogP contribution in [-0.2, 0) is 4.79 Å². The Balaban J connectivity index is 1.96. The van der Waals surface area contributed by atoms with Gasteiger partial charge in [-0.05, 0) is 19.3 Å². The lowest BCUT2D eigenvalue weighted by molar-refractivity contribution is -0.130. The standard InChI is InChI=1S/C11H20N2O/c12-10-7-8-13(11(10)14)9-5-3-1-2-4-6-9/h9-10H,1-8,12H2. The highest BCUT2D eigenvalue weighted by molar-refractivity contribution is 5.84. The molecule has 1 saturated heterocycles. The fraction of sp³-hybridized carbons (Fsp3) is 0.909. The van der Waals surface area contributed by atoms with Crippen LogP contribution in [0.25, 0.3) is 0 Å². The predicted octanol–water partition coefficient (Wildman–Crippen LogP) is 1.27. The van der Waals surface area contributed by atoms with Gasteiger partial charge in [0.2, 0.25) is 5.91 Å². The van der Waals surface area contributed by atoms with Crippen molar-refractivity contribution in [3.05, 3.63) is 0 Å². The number of likely N-dealkylation sites (tertiary alicyclic amines) is 1. The summed E-state index contributed by atoms with van der Waals surface area (Å²) in [6.45, 7) is 0.894. The molecule has 0 bridgehead atoms. The topological polar surface area (TPSA) is 46.3 Å². The van der Waals surface area contributed by atoms with E-state index in [-0.39, 0.29) is 11.9 Å². The van der Waals surface area contributed by atoms with E-state index in [0.29, 0.717) is 6.04 Å². The van der Waals surface area contributed by atoms with E-state index in [9.17, 15) is 4.79 Å². The minimum Gasteiger partial charge on any atom is -0.338 e. The molecule has 3 heteroatoms. The smallest absolute Gasteiger partial charge is 0.239 e. The van der Waals surface area contributed by atoms with E-state index in [1.807, 2.05) is 4.90 Å². The van der Waals surface area contributed by atoms with Gasteiger partial charge in [-0.3, -0.25) is 4.79 Å². The summed E-state index contributed by atoms with van der Waals surface area (Å²) in [5, 5.41) is 0.